The van der Waals surface area contributed by atoms with Crippen molar-refractivity contribution in [1.82, 2.24) is 9.97 Å². The molecule has 0 bridgehead atoms. The first-order valence-electron chi connectivity index (χ1n) is 9.35. The van der Waals surface area contributed by atoms with Crippen molar-refractivity contribution in [3.8, 4) is 5.75 Å². The van der Waals surface area contributed by atoms with E-state index in [1.165, 1.54) is 0 Å². The zero-order valence-electron chi connectivity index (χ0n) is 16.0. The number of hydrogen-bond donors (Lipinski definition) is 2. The summed E-state index contributed by atoms with van der Waals surface area (Å²) in [5.74, 6) is -0.438. The molecule has 146 valence electrons. The summed E-state index contributed by atoms with van der Waals surface area (Å²) in [5.41, 5.74) is 2.14. The van der Waals surface area contributed by atoms with Gasteiger partial charge in [0.1, 0.15) is 5.75 Å². The number of H-pyrrole nitrogens is 2. The molecule has 5 aromatic rings. The fraction of sp³-hybridized carbons (Fsp3) is 0.0417. The van der Waals surface area contributed by atoms with Gasteiger partial charge in [-0.25, -0.2) is 4.79 Å². The van der Waals surface area contributed by atoms with Crippen molar-refractivity contribution in [2.45, 2.75) is 6.92 Å². The van der Waals surface area contributed by atoms with E-state index in [9.17, 15) is 14.4 Å². The number of aromatic nitrogens is 2. The van der Waals surface area contributed by atoms with Gasteiger partial charge in [-0.3, -0.25) is 9.59 Å². The lowest BCUT2D eigenvalue weighted by molar-refractivity contribution is -0.129. The second-order valence-electron chi connectivity index (χ2n) is 7.25. The number of esters is 1. The number of aromatic amines is 2. The maximum absolute atomic E-state index is 13.3. The van der Waals surface area contributed by atoms with E-state index in [0.717, 1.165) is 0 Å². The largest absolute Gasteiger partial charge is 0.422 e. The zero-order valence-corrected chi connectivity index (χ0v) is 16.0. The maximum Gasteiger partial charge on any atom is 0.338 e. The highest BCUT2D eigenvalue weighted by Crippen LogP contribution is 2.26. The molecule has 0 atom stereocenters. The zero-order chi connectivity index (χ0) is 21.0. The van der Waals surface area contributed by atoms with Crippen LogP contribution in [0.5, 0.6) is 5.75 Å². The van der Waals surface area contributed by atoms with Gasteiger partial charge in [0.25, 0.3) is 0 Å². The third-order valence-electron chi connectivity index (χ3n) is 5.16. The van der Waals surface area contributed by atoms with E-state index in [2.05, 4.69) is 16.5 Å². The molecule has 0 spiro atoms. The Bertz CT molecular complexity index is 1660. The maximum atomic E-state index is 13.3. The van der Waals surface area contributed by atoms with Gasteiger partial charge >= 0.3 is 5.97 Å². The Balaban J connectivity index is 1.87. The van der Waals surface area contributed by atoms with Gasteiger partial charge in [0.15, 0.2) is 5.43 Å². The molecule has 0 radical (unpaired) electrons. The predicted octanol–water partition coefficient (Wildman–Crippen LogP) is 4.16. The van der Waals surface area contributed by atoms with Crippen molar-refractivity contribution in [2.24, 2.45) is 0 Å². The van der Waals surface area contributed by atoms with Crippen LogP contribution >= 0.6 is 0 Å². The van der Waals surface area contributed by atoms with Gasteiger partial charge < -0.3 is 14.7 Å². The fourth-order valence-electron chi connectivity index (χ4n) is 3.68. The highest BCUT2D eigenvalue weighted by Gasteiger charge is 2.15. The Morgan fingerprint density at radius 1 is 0.800 bits per heavy atom. The Morgan fingerprint density at radius 2 is 1.43 bits per heavy atom. The van der Waals surface area contributed by atoms with Crippen LogP contribution in [-0.4, -0.2) is 15.9 Å². The summed E-state index contributed by atoms with van der Waals surface area (Å²) in [5, 5.41) is 1.73. The van der Waals surface area contributed by atoms with Gasteiger partial charge in [0, 0.05) is 27.2 Å². The Morgan fingerprint density at radius 3 is 2.17 bits per heavy atom. The second kappa shape index (κ2) is 6.42. The van der Waals surface area contributed by atoms with Crippen LogP contribution in [0, 0.1) is 0 Å². The number of carbonyl (C=O) groups excluding carboxylic acids is 1. The van der Waals surface area contributed by atoms with Crippen LogP contribution in [0.25, 0.3) is 43.6 Å². The molecule has 3 aromatic carbocycles. The van der Waals surface area contributed by atoms with Crippen molar-refractivity contribution in [3.05, 3.63) is 87.2 Å². The normalized spacial score (nSPS) is 11.4. The molecule has 0 aliphatic carbocycles. The monoisotopic (exact) mass is 396 g/mol. The molecule has 0 unspecified atom stereocenters. The van der Waals surface area contributed by atoms with Crippen LogP contribution in [0.2, 0.25) is 0 Å². The molecule has 6 heteroatoms. The van der Waals surface area contributed by atoms with Crippen LogP contribution in [0.15, 0.2) is 76.3 Å². The fourth-order valence-corrected chi connectivity index (χ4v) is 3.68. The van der Waals surface area contributed by atoms with Gasteiger partial charge in [0.05, 0.1) is 21.9 Å². The van der Waals surface area contributed by atoms with Crippen LogP contribution in [0.4, 0.5) is 0 Å². The van der Waals surface area contributed by atoms with Crippen LogP contribution in [-0.2, 0) is 4.79 Å². The van der Waals surface area contributed by atoms with Crippen molar-refractivity contribution in [1.29, 1.82) is 0 Å². The third kappa shape index (κ3) is 2.62. The lowest BCUT2D eigenvalue weighted by atomic mass is 10.0. The van der Waals surface area contributed by atoms with Gasteiger partial charge in [-0.05, 0) is 43.3 Å². The molecule has 0 saturated carbocycles. The highest BCUT2D eigenvalue weighted by atomic mass is 16.5. The minimum Gasteiger partial charge on any atom is -0.422 e. The van der Waals surface area contributed by atoms with Crippen LogP contribution in [0.1, 0.15) is 6.92 Å². The Labute approximate surface area is 169 Å². The summed E-state index contributed by atoms with van der Waals surface area (Å²) in [6.07, 6.45) is 0. The van der Waals surface area contributed by atoms with Gasteiger partial charge in [0.2, 0.25) is 5.43 Å². The average molecular weight is 396 g/mol. The topological polar surface area (TPSA) is 92.0 Å². The summed E-state index contributed by atoms with van der Waals surface area (Å²) in [6.45, 7) is 5.12. The first-order valence-corrected chi connectivity index (χ1v) is 9.35. The van der Waals surface area contributed by atoms with E-state index >= 15 is 0 Å². The first-order chi connectivity index (χ1) is 14.4. The molecule has 0 amide bonds. The molecule has 0 aliphatic rings. The number of carbonyl (C=O) groups is 1. The van der Waals surface area contributed by atoms with E-state index in [4.69, 9.17) is 4.74 Å². The van der Waals surface area contributed by atoms with E-state index in [1.54, 1.807) is 43.3 Å². The molecule has 2 N–H and O–H groups in total. The smallest absolute Gasteiger partial charge is 0.338 e. The average Bonchev–Trinajstić information content (AvgIpc) is 2.73. The van der Waals surface area contributed by atoms with Crippen molar-refractivity contribution < 1.29 is 9.53 Å². The number of ether oxygens (including phenoxy) is 1. The number of pyridine rings is 2. The third-order valence-corrected chi connectivity index (χ3v) is 5.16. The van der Waals surface area contributed by atoms with Crippen molar-refractivity contribution >= 4 is 49.6 Å². The second-order valence-corrected chi connectivity index (χ2v) is 7.25. The van der Waals surface area contributed by atoms with Crippen LogP contribution in [0.3, 0.4) is 0 Å². The van der Waals surface area contributed by atoms with Crippen molar-refractivity contribution in [3.63, 3.8) is 0 Å². The molecular weight excluding hydrogens is 380 g/mol. The molecule has 6 nitrogen and oxygen atoms in total. The lowest BCUT2D eigenvalue weighted by Crippen LogP contribution is -2.12. The number of nitrogens with one attached hydrogen (secondary N) is 2. The van der Waals surface area contributed by atoms with Gasteiger partial charge in [-0.2, -0.15) is 0 Å². The Kier molecular flexibility index (Phi) is 3.83. The standard InChI is InChI=1S/C24H16N2O4/c1-12(2)24(29)30-20-9-5-8-17-21(20)23(28)15-11-18-14(10-19(15)26-17)22(27)13-6-3-4-7-16(13)25-18/h3-11H,1H2,2H3,(H,25,27)(H,26,28). The lowest BCUT2D eigenvalue weighted by Gasteiger charge is -2.10. The summed E-state index contributed by atoms with van der Waals surface area (Å²) in [4.78, 5) is 44.7. The summed E-state index contributed by atoms with van der Waals surface area (Å²) >= 11 is 0. The predicted molar refractivity (Wildman–Crippen MR) is 118 cm³/mol. The van der Waals surface area contributed by atoms with Crippen molar-refractivity contribution in [2.75, 3.05) is 0 Å². The number of benzene rings is 3. The number of fused-ring (bicyclic) bond motifs is 4. The molecule has 30 heavy (non-hydrogen) atoms. The quantitative estimate of drug-likeness (QED) is 0.203. The summed E-state index contributed by atoms with van der Waals surface area (Å²) in [7, 11) is 0. The number of rotatable bonds is 2. The summed E-state index contributed by atoms with van der Waals surface area (Å²) < 4.78 is 5.37. The molecule has 2 aromatic heterocycles. The molecule has 0 aliphatic heterocycles. The molecule has 0 saturated heterocycles. The Hall–Kier alpha value is -4.19. The van der Waals surface area contributed by atoms with Gasteiger partial charge in [-0.1, -0.05) is 24.8 Å². The van der Waals surface area contributed by atoms with Gasteiger partial charge in [-0.15, -0.1) is 0 Å². The van der Waals surface area contributed by atoms with Crippen LogP contribution < -0.4 is 15.6 Å². The number of hydrogen-bond acceptors (Lipinski definition) is 4. The molecular formula is C24H16N2O4. The minimum absolute atomic E-state index is 0.105. The summed E-state index contributed by atoms with van der Waals surface area (Å²) in [6, 6.07) is 15.6. The van der Waals surface area contributed by atoms with E-state index < -0.39 is 5.97 Å². The highest BCUT2D eigenvalue weighted by molar-refractivity contribution is 6.04. The van der Waals surface area contributed by atoms with E-state index in [-0.39, 0.29) is 27.6 Å². The van der Waals surface area contributed by atoms with E-state index in [1.807, 2.05) is 18.2 Å². The number of para-hydroxylation sites is 1. The molecule has 2 heterocycles. The molecule has 5 rings (SSSR count). The SMILES string of the molecule is C=C(C)C(=O)Oc1cccc2[nH]c3cc4c(=O)c5ccccc5[nH]c4cc3c(=O)c12. The molecule has 0 fully saturated rings. The first kappa shape index (κ1) is 17.9. The van der Waals surface area contributed by atoms with E-state index in [0.29, 0.717) is 38.2 Å². The minimum atomic E-state index is -0.601.